The maximum atomic E-state index is 14.0. The minimum atomic E-state index is -4.01. The van der Waals surface area contributed by atoms with Crippen molar-refractivity contribution < 1.29 is 17.2 Å². The van der Waals surface area contributed by atoms with Crippen molar-refractivity contribution in [2.75, 3.05) is 31.1 Å². The number of benzene rings is 2. The minimum absolute atomic E-state index is 0.217. The number of hydrogen-bond acceptors (Lipinski definition) is 4. The van der Waals surface area contributed by atoms with Crippen molar-refractivity contribution in [3.63, 3.8) is 0 Å². The van der Waals surface area contributed by atoms with Gasteiger partial charge in [-0.1, -0.05) is 11.6 Å². The van der Waals surface area contributed by atoms with Crippen LogP contribution in [0.4, 0.5) is 14.5 Å². The molecule has 2 aromatic carbocycles. The highest BCUT2D eigenvalue weighted by molar-refractivity contribution is 7.89. The van der Waals surface area contributed by atoms with Crippen LogP contribution in [0.25, 0.3) is 10.9 Å². The van der Waals surface area contributed by atoms with Crippen molar-refractivity contribution in [2.24, 2.45) is 0 Å². The molecule has 4 rings (SSSR count). The number of hydrogen-bond donors (Lipinski definition) is 0. The maximum Gasteiger partial charge on any atom is 0.246 e. The van der Waals surface area contributed by atoms with E-state index in [9.17, 15) is 17.2 Å². The summed E-state index contributed by atoms with van der Waals surface area (Å²) in [6, 6.07) is 10.5. The van der Waals surface area contributed by atoms with Crippen LogP contribution in [0.15, 0.2) is 53.6 Å². The third kappa shape index (κ3) is 3.33. The largest absolute Gasteiger partial charge is 0.368 e. The molecule has 28 heavy (non-hydrogen) atoms. The quantitative estimate of drug-likeness (QED) is 0.673. The Labute approximate surface area is 162 Å². The first-order valence-electron chi connectivity index (χ1n) is 8.92. The van der Waals surface area contributed by atoms with Gasteiger partial charge in [0.15, 0.2) is 0 Å². The smallest absolute Gasteiger partial charge is 0.246 e. The van der Waals surface area contributed by atoms with Gasteiger partial charge in [-0.05, 0) is 37.3 Å². The topological polar surface area (TPSA) is 53.5 Å². The molecule has 0 radical (unpaired) electrons. The van der Waals surface area contributed by atoms with Crippen LogP contribution in [0.2, 0.25) is 0 Å². The molecular formula is C20H19F2N3O2S. The van der Waals surface area contributed by atoms with E-state index in [0.717, 1.165) is 34.3 Å². The average molecular weight is 403 g/mol. The lowest BCUT2D eigenvalue weighted by atomic mass is 10.1. The second kappa shape index (κ2) is 7.10. The van der Waals surface area contributed by atoms with Gasteiger partial charge in [-0.3, -0.25) is 4.98 Å². The zero-order valence-electron chi connectivity index (χ0n) is 15.3. The number of anilines is 1. The summed E-state index contributed by atoms with van der Waals surface area (Å²) in [5.41, 5.74) is 3.00. The molecule has 1 aliphatic rings. The summed E-state index contributed by atoms with van der Waals surface area (Å²) in [7, 11) is -4.01. The molecule has 8 heteroatoms. The maximum absolute atomic E-state index is 14.0. The van der Waals surface area contributed by atoms with Gasteiger partial charge in [0.2, 0.25) is 10.0 Å². The van der Waals surface area contributed by atoms with Gasteiger partial charge in [0.25, 0.3) is 0 Å². The first-order chi connectivity index (χ1) is 13.4. The first kappa shape index (κ1) is 18.8. The molecule has 146 valence electrons. The van der Waals surface area contributed by atoms with Crippen molar-refractivity contribution in [3.8, 4) is 0 Å². The van der Waals surface area contributed by atoms with Gasteiger partial charge in [0.1, 0.15) is 16.5 Å². The fourth-order valence-electron chi connectivity index (χ4n) is 3.51. The summed E-state index contributed by atoms with van der Waals surface area (Å²) < 4.78 is 53.9. The van der Waals surface area contributed by atoms with Crippen LogP contribution < -0.4 is 4.90 Å². The van der Waals surface area contributed by atoms with E-state index < -0.39 is 26.6 Å². The average Bonchev–Trinajstić information content (AvgIpc) is 2.67. The van der Waals surface area contributed by atoms with Crippen LogP contribution in [0.1, 0.15) is 5.56 Å². The van der Waals surface area contributed by atoms with E-state index in [1.54, 1.807) is 6.20 Å². The van der Waals surface area contributed by atoms with E-state index in [2.05, 4.69) is 16.0 Å². The number of nitrogens with zero attached hydrogens (tertiary/aromatic N) is 3. The van der Waals surface area contributed by atoms with Crippen LogP contribution in [0.5, 0.6) is 0 Å². The van der Waals surface area contributed by atoms with Crippen molar-refractivity contribution in [2.45, 2.75) is 11.8 Å². The second-order valence-electron chi connectivity index (χ2n) is 6.82. The molecule has 0 unspecified atom stereocenters. The summed E-state index contributed by atoms with van der Waals surface area (Å²) in [6.45, 7) is 3.38. The lowest BCUT2D eigenvalue weighted by Gasteiger charge is -2.35. The summed E-state index contributed by atoms with van der Waals surface area (Å²) in [5.74, 6) is -1.88. The molecule has 1 fully saturated rings. The number of piperazine rings is 1. The van der Waals surface area contributed by atoms with Gasteiger partial charge < -0.3 is 4.90 Å². The van der Waals surface area contributed by atoms with Crippen molar-refractivity contribution in [3.05, 3.63) is 65.9 Å². The predicted octanol–water partition coefficient (Wildman–Crippen LogP) is 3.33. The van der Waals surface area contributed by atoms with Crippen molar-refractivity contribution in [1.82, 2.24) is 9.29 Å². The number of rotatable bonds is 3. The van der Waals surface area contributed by atoms with E-state index in [1.807, 2.05) is 25.1 Å². The van der Waals surface area contributed by atoms with E-state index in [1.165, 1.54) is 4.31 Å². The Kier molecular flexibility index (Phi) is 4.76. The van der Waals surface area contributed by atoms with Gasteiger partial charge in [0.05, 0.1) is 5.52 Å². The normalized spacial score (nSPS) is 15.9. The van der Waals surface area contributed by atoms with Crippen molar-refractivity contribution in [1.29, 1.82) is 0 Å². The monoisotopic (exact) mass is 403 g/mol. The van der Waals surface area contributed by atoms with E-state index in [0.29, 0.717) is 19.2 Å². The van der Waals surface area contributed by atoms with Gasteiger partial charge in [-0.15, -0.1) is 0 Å². The lowest BCUT2D eigenvalue weighted by molar-refractivity contribution is 0.382. The lowest BCUT2D eigenvalue weighted by Crippen LogP contribution is -2.48. The Morgan fingerprint density at radius 1 is 0.964 bits per heavy atom. The van der Waals surface area contributed by atoms with E-state index >= 15 is 0 Å². The third-order valence-corrected chi connectivity index (χ3v) is 6.90. The Morgan fingerprint density at radius 3 is 2.43 bits per heavy atom. The molecule has 0 spiro atoms. The zero-order valence-corrected chi connectivity index (χ0v) is 16.1. The fraction of sp³-hybridized carbons (Fsp3) is 0.250. The molecule has 0 amide bonds. The molecule has 0 saturated carbocycles. The Morgan fingerprint density at radius 2 is 1.71 bits per heavy atom. The fourth-order valence-corrected chi connectivity index (χ4v) is 4.98. The molecule has 2 heterocycles. The SMILES string of the molecule is Cc1ccc2nccc(N3CCN(S(=O)(=O)c4ccc(F)cc4F)CC3)c2c1. The predicted molar refractivity (Wildman–Crippen MR) is 104 cm³/mol. The standard InChI is InChI=1S/C20H19F2N3O2S/c1-14-2-4-18-16(12-14)19(6-7-23-18)24-8-10-25(11-9-24)28(26,27)20-5-3-15(21)13-17(20)22/h2-7,12-13H,8-11H2,1H3. The molecule has 1 saturated heterocycles. The number of sulfonamides is 1. The number of halogens is 2. The Balaban J connectivity index is 1.58. The van der Waals surface area contributed by atoms with Gasteiger partial charge >= 0.3 is 0 Å². The van der Waals surface area contributed by atoms with Crippen molar-refractivity contribution >= 4 is 26.6 Å². The number of aromatic nitrogens is 1. The van der Waals surface area contributed by atoms with Gasteiger partial charge in [-0.25, -0.2) is 17.2 Å². The van der Waals surface area contributed by atoms with Gasteiger partial charge in [0, 0.05) is 49.5 Å². The highest BCUT2D eigenvalue weighted by atomic mass is 32.2. The molecule has 3 aromatic rings. The van der Waals surface area contributed by atoms with Crippen LogP contribution >= 0.6 is 0 Å². The highest BCUT2D eigenvalue weighted by Crippen LogP contribution is 2.28. The molecule has 0 atom stereocenters. The summed E-state index contributed by atoms with van der Waals surface area (Å²) in [5, 5.41) is 1.02. The van der Waals surface area contributed by atoms with Crippen LogP contribution in [0, 0.1) is 18.6 Å². The molecule has 0 N–H and O–H groups in total. The Bertz CT molecular complexity index is 1140. The molecular weight excluding hydrogens is 384 g/mol. The summed E-state index contributed by atoms with van der Waals surface area (Å²) in [6.07, 6.45) is 1.74. The minimum Gasteiger partial charge on any atom is -0.368 e. The molecule has 1 aromatic heterocycles. The van der Waals surface area contributed by atoms with Gasteiger partial charge in [-0.2, -0.15) is 4.31 Å². The molecule has 5 nitrogen and oxygen atoms in total. The summed E-state index contributed by atoms with van der Waals surface area (Å²) >= 11 is 0. The zero-order chi connectivity index (χ0) is 19.9. The number of aryl methyl sites for hydroxylation is 1. The van der Waals surface area contributed by atoms with Crippen LogP contribution in [0.3, 0.4) is 0 Å². The molecule has 1 aliphatic heterocycles. The van der Waals surface area contributed by atoms with Crippen LogP contribution in [-0.2, 0) is 10.0 Å². The first-order valence-corrected chi connectivity index (χ1v) is 10.4. The third-order valence-electron chi connectivity index (χ3n) is 4.97. The van der Waals surface area contributed by atoms with E-state index in [-0.39, 0.29) is 13.1 Å². The van der Waals surface area contributed by atoms with E-state index in [4.69, 9.17) is 0 Å². The number of pyridine rings is 1. The molecule has 0 bridgehead atoms. The number of fused-ring (bicyclic) bond motifs is 1. The Hall–Kier alpha value is -2.58. The molecule has 0 aliphatic carbocycles. The second-order valence-corrected chi connectivity index (χ2v) is 8.72. The highest BCUT2D eigenvalue weighted by Gasteiger charge is 2.31. The van der Waals surface area contributed by atoms with Crippen LogP contribution in [-0.4, -0.2) is 43.9 Å². The summed E-state index contributed by atoms with van der Waals surface area (Å²) in [4.78, 5) is 6.00.